The summed E-state index contributed by atoms with van der Waals surface area (Å²) in [5.41, 5.74) is 2.41. The summed E-state index contributed by atoms with van der Waals surface area (Å²) in [6.45, 7) is 4.05. The Kier molecular flexibility index (Phi) is 4.08. The number of imidazole rings is 1. The largest absolute Gasteiger partial charge is 0.331 e. The SMILES string of the molecule is CCCn1ccnc1-c1cc(Cl)ccc1CNC1CC1. The van der Waals surface area contributed by atoms with Crippen molar-refractivity contribution in [2.24, 2.45) is 0 Å². The fourth-order valence-corrected chi connectivity index (χ4v) is 2.60. The molecule has 1 N–H and O–H groups in total. The van der Waals surface area contributed by atoms with Gasteiger partial charge in [-0.05, 0) is 37.0 Å². The van der Waals surface area contributed by atoms with Crippen molar-refractivity contribution >= 4 is 11.6 Å². The van der Waals surface area contributed by atoms with Crippen LogP contribution in [0.1, 0.15) is 31.7 Å². The van der Waals surface area contributed by atoms with Gasteiger partial charge in [0.05, 0.1) is 0 Å². The lowest BCUT2D eigenvalue weighted by Gasteiger charge is -2.12. The molecule has 0 unspecified atom stereocenters. The van der Waals surface area contributed by atoms with Gasteiger partial charge in [-0.25, -0.2) is 4.98 Å². The minimum atomic E-state index is 0.703. The van der Waals surface area contributed by atoms with Gasteiger partial charge in [-0.3, -0.25) is 0 Å². The number of aromatic nitrogens is 2. The standard InChI is InChI=1S/C16H20ClN3/c1-2-8-20-9-7-18-16(20)15-10-13(17)4-3-12(15)11-19-14-5-6-14/h3-4,7,9-10,14,19H,2,5-6,8,11H2,1H3. The van der Waals surface area contributed by atoms with Crippen molar-refractivity contribution in [3.8, 4) is 11.4 Å². The fourth-order valence-electron chi connectivity index (χ4n) is 2.43. The first-order valence-electron chi connectivity index (χ1n) is 7.31. The van der Waals surface area contributed by atoms with Gasteiger partial charge in [0.1, 0.15) is 5.82 Å². The van der Waals surface area contributed by atoms with Crippen molar-refractivity contribution in [3.05, 3.63) is 41.2 Å². The molecular weight excluding hydrogens is 270 g/mol. The maximum absolute atomic E-state index is 6.18. The first-order valence-corrected chi connectivity index (χ1v) is 7.69. The number of hydrogen-bond donors (Lipinski definition) is 1. The molecule has 4 heteroatoms. The quantitative estimate of drug-likeness (QED) is 0.875. The molecule has 1 fully saturated rings. The predicted octanol–water partition coefficient (Wildman–Crippen LogP) is 3.87. The molecule has 1 heterocycles. The summed E-state index contributed by atoms with van der Waals surface area (Å²) in [6, 6.07) is 6.80. The second-order valence-electron chi connectivity index (χ2n) is 5.40. The zero-order valence-electron chi connectivity index (χ0n) is 11.8. The van der Waals surface area contributed by atoms with E-state index in [4.69, 9.17) is 11.6 Å². The van der Waals surface area contributed by atoms with Crippen LogP contribution in [0.25, 0.3) is 11.4 Å². The highest BCUT2D eigenvalue weighted by molar-refractivity contribution is 6.30. The van der Waals surface area contributed by atoms with Crippen LogP contribution in [0, 0.1) is 0 Å². The zero-order valence-corrected chi connectivity index (χ0v) is 12.5. The normalized spacial score (nSPS) is 14.7. The minimum absolute atomic E-state index is 0.703. The average Bonchev–Trinajstić information content (AvgIpc) is 3.16. The molecule has 2 aromatic rings. The average molecular weight is 290 g/mol. The number of benzene rings is 1. The maximum atomic E-state index is 6.18. The molecule has 0 aliphatic heterocycles. The minimum Gasteiger partial charge on any atom is -0.331 e. The lowest BCUT2D eigenvalue weighted by Crippen LogP contribution is -2.16. The van der Waals surface area contributed by atoms with Gasteiger partial charge in [-0.15, -0.1) is 0 Å². The molecule has 106 valence electrons. The first-order chi connectivity index (χ1) is 9.78. The molecule has 0 amide bonds. The zero-order chi connectivity index (χ0) is 13.9. The van der Waals surface area contributed by atoms with Crippen LogP contribution < -0.4 is 5.32 Å². The number of rotatable bonds is 6. The Morgan fingerprint density at radius 3 is 3.00 bits per heavy atom. The molecule has 1 aromatic heterocycles. The Morgan fingerprint density at radius 2 is 2.25 bits per heavy atom. The highest BCUT2D eigenvalue weighted by atomic mass is 35.5. The topological polar surface area (TPSA) is 29.9 Å². The molecule has 0 saturated heterocycles. The van der Waals surface area contributed by atoms with E-state index in [2.05, 4.69) is 27.9 Å². The Morgan fingerprint density at radius 1 is 1.40 bits per heavy atom. The smallest absolute Gasteiger partial charge is 0.140 e. The lowest BCUT2D eigenvalue weighted by atomic mass is 10.1. The Labute approximate surface area is 125 Å². The van der Waals surface area contributed by atoms with Gasteiger partial charge in [0.25, 0.3) is 0 Å². The maximum Gasteiger partial charge on any atom is 0.140 e. The van der Waals surface area contributed by atoms with Gasteiger partial charge in [0, 0.05) is 42.1 Å². The summed E-state index contributed by atoms with van der Waals surface area (Å²) in [7, 11) is 0. The van der Waals surface area contributed by atoms with Gasteiger partial charge in [0.15, 0.2) is 0 Å². The summed E-state index contributed by atoms with van der Waals surface area (Å²) in [5.74, 6) is 1.02. The third-order valence-electron chi connectivity index (χ3n) is 3.65. The summed E-state index contributed by atoms with van der Waals surface area (Å²) in [4.78, 5) is 4.53. The molecule has 1 aliphatic rings. The predicted molar refractivity (Wildman–Crippen MR) is 82.8 cm³/mol. The third kappa shape index (κ3) is 3.05. The summed E-state index contributed by atoms with van der Waals surface area (Å²) in [6.07, 6.45) is 7.60. The van der Waals surface area contributed by atoms with Gasteiger partial charge >= 0.3 is 0 Å². The lowest BCUT2D eigenvalue weighted by molar-refractivity contribution is 0.676. The van der Waals surface area contributed by atoms with E-state index in [0.717, 1.165) is 35.9 Å². The summed E-state index contributed by atoms with van der Waals surface area (Å²) >= 11 is 6.18. The molecule has 20 heavy (non-hydrogen) atoms. The number of aryl methyl sites for hydroxylation is 1. The van der Waals surface area contributed by atoms with Gasteiger partial charge in [-0.2, -0.15) is 0 Å². The Bertz CT molecular complexity index is 587. The monoisotopic (exact) mass is 289 g/mol. The van der Waals surface area contributed by atoms with E-state index in [1.165, 1.54) is 18.4 Å². The molecular formula is C16H20ClN3. The van der Waals surface area contributed by atoms with E-state index in [-0.39, 0.29) is 0 Å². The van der Waals surface area contributed by atoms with Crippen molar-refractivity contribution in [1.82, 2.24) is 14.9 Å². The molecule has 0 atom stereocenters. The van der Waals surface area contributed by atoms with E-state index in [0.29, 0.717) is 6.04 Å². The van der Waals surface area contributed by atoms with Crippen LogP contribution in [-0.2, 0) is 13.1 Å². The second-order valence-corrected chi connectivity index (χ2v) is 5.84. The highest BCUT2D eigenvalue weighted by Gasteiger charge is 2.21. The van der Waals surface area contributed by atoms with Crippen molar-refractivity contribution in [2.75, 3.05) is 0 Å². The van der Waals surface area contributed by atoms with Crippen LogP contribution in [0.2, 0.25) is 5.02 Å². The first kappa shape index (κ1) is 13.7. The summed E-state index contributed by atoms with van der Waals surface area (Å²) in [5, 5.41) is 4.33. The molecule has 1 aromatic carbocycles. The van der Waals surface area contributed by atoms with E-state index < -0.39 is 0 Å². The van der Waals surface area contributed by atoms with Crippen LogP contribution in [0.5, 0.6) is 0 Å². The van der Waals surface area contributed by atoms with Crippen LogP contribution in [0.4, 0.5) is 0 Å². The Balaban J connectivity index is 1.92. The highest BCUT2D eigenvalue weighted by Crippen LogP contribution is 2.27. The van der Waals surface area contributed by atoms with Gasteiger partial charge < -0.3 is 9.88 Å². The van der Waals surface area contributed by atoms with Gasteiger partial charge in [0.2, 0.25) is 0 Å². The number of nitrogens with one attached hydrogen (secondary N) is 1. The fraction of sp³-hybridized carbons (Fsp3) is 0.438. The van der Waals surface area contributed by atoms with Crippen molar-refractivity contribution in [2.45, 2.75) is 45.3 Å². The number of nitrogens with zero attached hydrogens (tertiary/aromatic N) is 2. The third-order valence-corrected chi connectivity index (χ3v) is 3.89. The van der Waals surface area contributed by atoms with E-state index in [1.54, 1.807) is 0 Å². The van der Waals surface area contributed by atoms with Crippen molar-refractivity contribution < 1.29 is 0 Å². The van der Waals surface area contributed by atoms with E-state index in [1.807, 2.05) is 24.5 Å². The van der Waals surface area contributed by atoms with E-state index >= 15 is 0 Å². The summed E-state index contributed by atoms with van der Waals surface area (Å²) < 4.78 is 2.20. The van der Waals surface area contributed by atoms with Crippen molar-refractivity contribution in [3.63, 3.8) is 0 Å². The molecule has 3 nitrogen and oxygen atoms in total. The van der Waals surface area contributed by atoms with Crippen LogP contribution in [0.3, 0.4) is 0 Å². The van der Waals surface area contributed by atoms with Gasteiger partial charge in [-0.1, -0.05) is 24.6 Å². The number of halogens is 1. The van der Waals surface area contributed by atoms with Crippen molar-refractivity contribution in [1.29, 1.82) is 0 Å². The van der Waals surface area contributed by atoms with Crippen LogP contribution in [0.15, 0.2) is 30.6 Å². The number of hydrogen-bond acceptors (Lipinski definition) is 2. The molecule has 0 radical (unpaired) electrons. The van der Waals surface area contributed by atoms with Crippen LogP contribution >= 0.6 is 11.6 Å². The second kappa shape index (κ2) is 5.98. The molecule has 0 bridgehead atoms. The Hall–Kier alpha value is -1.32. The van der Waals surface area contributed by atoms with E-state index in [9.17, 15) is 0 Å². The molecule has 1 saturated carbocycles. The molecule has 0 spiro atoms. The van der Waals surface area contributed by atoms with Crippen LogP contribution in [-0.4, -0.2) is 15.6 Å². The molecule has 1 aliphatic carbocycles. The molecule has 3 rings (SSSR count).